The molecule has 0 spiro atoms. The summed E-state index contributed by atoms with van der Waals surface area (Å²) in [5.41, 5.74) is -17.2. The number of hydrogen-bond acceptors (Lipinski definition) is 6. The molecule has 0 saturated carbocycles. The van der Waals surface area contributed by atoms with E-state index in [1.165, 1.54) is 32.9 Å². The highest BCUT2D eigenvalue weighted by Gasteiger charge is 2.78. The van der Waals surface area contributed by atoms with Gasteiger partial charge in [-0.25, -0.2) is 9.98 Å². The first-order valence-electron chi connectivity index (χ1n) is 16.2. The molecule has 2 aliphatic rings. The molecule has 3 aromatic carbocycles. The predicted octanol–water partition coefficient (Wildman–Crippen LogP) is 12.1. The first-order valence-corrected chi connectivity index (χ1v) is 16.2. The van der Waals surface area contributed by atoms with Crippen molar-refractivity contribution in [2.45, 2.75) is 95.7 Å². The van der Waals surface area contributed by atoms with Gasteiger partial charge in [0.1, 0.15) is 17.2 Å². The van der Waals surface area contributed by atoms with Crippen LogP contribution in [0.15, 0.2) is 64.6 Å². The zero-order valence-corrected chi connectivity index (χ0v) is 29.2. The number of benzene rings is 3. The second-order valence-corrected chi connectivity index (χ2v) is 14.1. The fourth-order valence-electron chi connectivity index (χ4n) is 5.77. The van der Waals surface area contributed by atoms with E-state index in [0.29, 0.717) is 18.1 Å². The Morgan fingerprint density at radius 3 is 1.48 bits per heavy atom. The molecule has 1 N–H and O–H groups in total. The van der Waals surface area contributed by atoms with Gasteiger partial charge in [-0.05, 0) is 78.4 Å². The summed E-state index contributed by atoms with van der Waals surface area (Å²) in [6.45, 7) is 9.33. The summed E-state index contributed by atoms with van der Waals surface area (Å²) >= 11 is 0. The molecule has 0 fully saturated rings. The minimum Gasteiger partial charge on any atom is -0.508 e. The molecule has 2 heterocycles. The maximum Gasteiger partial charge on any atom is 0.442 e. The van der Waals surface area contributed by atoms with Crippen LogP contribution in [0, 0.1) is 5.41 Å². The van der Waals surface area contributed by atoms with Crippen molar-refractivity contribution < 1.29 is 72.0 Å². The van der Waals surface area contributed by atoms with Crippen LogP contribution in [0.4, 0.5) is 64.1 Å². The van der Waals surface area contributed by atoms with Gasteiger partial charge in [-0.2, -0.15) is 52.7 Å². The van der Waals surface area contributed by atoms with E-state index in [0.717, 1.165) is 24.3 Å². The monoisotopic (exact) mass is 784 g/mol. The van der Waals surface area contributed by atoms with E-state index in [1.807, 2.05) is 0 Å². The molecule has 294 valence electrons. The third kappa shape index (κ3) is 6.48. The average Bonchev–Trinajstić information content (AvgIpc) is 3.04. The summed E-state index contributed by atoms with van der Waals surface area (Å²) in [7, 11) is 0. The summed E-state index contributed by atoms with van der Waals surface area (Å²) in [5, 5.41) is 10.3. The molecule has 0 radical (unpaired) electrons. The molecule has 0 atom stereocenters. The van der Waals surface area contributed by atoms with Gasteiger partial charge >= 0.3 is 35.9 Å². The van der Waals surface area contributed by atoms with E-state index in [9.17, 15) is 57.8 Å². The van der Waals surface area contributed by atoms with Gasteiger partial charge in [-0.1, -0.05) is 41.5 Å². The number of rotatable bonds is 7. The number of aliphatic imine (C=N–C) groups is 2. The molecule has 5 rings (SSSR count). The fraction of sp³-hybridized carbons (Fsp3) is 0.444. The highest BCUT2D eigenvalue weighted by molar-refractivity contribution is 5.98. The summed E-state index contributed by atoms with van der Waals surface area (Å²) in [4.78, 5) is 7.78. The molecule has 0 bridgehead atoms. The standard InChI is InChI=1S/C36H32F12N2O4/c1-7-29(3,4)19-13-18(14-20(51)15-19)27-49-25-11-9-21(16-23(25)31(53-27,33(37,38)39)34(40,41)42)52-22-10-12-26-24(17-22)32(35(43,44)45,36(46,47)48)54-28(50-26)30(5,6)8-2/h9-17,51H,7-8H2,1-6H3. The number of aromatic hydroxyl groups is 1. The quantitative estimate of drug-likeness (QED) is 0.242. The van der Waals surface area contributed by atoms with E-state index in [4.69, 9.17) is 14.2 Å². The maximum atomic E-state index is 14.8. The van der Waals surface area contributed by atoms with Crippen LogP contribution in [0.25, 0.3) is 0 Å². The minimum atomic E-state index is -6.24. The number of hydrogen-bond donors (Lipinski definition) is 1. The van der Waals surface area contributed by atoms with E-state index >= 15 is 0 Å². The Labute approximate surface area is 300 Å². The minimum absolute atomic E-state index is 0.0188. The Bertz CT molecular complexity index is 1980. The highest BCUT2D eigenvalue weighted by atomic mass is 19.4. The van der Waals surface area contributed by atoms with Crippen molar-refractivity contribution >= 4 is 23.2 Å². The molecule has 18 heteroatoms. The van der Waals surface area contributed by atoms with Crippen molar-refractivity contribution in [1.29, 1.82) is 0 Å². The molecule has 0 saturated heterocycles. The maximum absolute atomic E-state index is 14.8. The lowest BCUT2D eigenvalue weighted by atomic mass is 9.81. The Morgan fingerprint density at radius 1 is 0.593 bits per heavy atom. The van der Waals surface area contributed by atoms with Crippen LogP contribution in [-0.4, -0.2) is 41.6 Å². The van der Waals surface area contributed by atoms with Gasteiger partial charge in [0.15, 0.2) is 5.90 Å². The van der Waals surface area contributed by atoms with Crippen molar-refractivity contribution in [3.8, 4) is 17.2 Å². The van der Waals surface area contributed by atoms with E-state index in [-0.39, 0.29) is 18.6 Å². The second kappa shape index (κ2) is 12.7. The van der Waals surface area contributed by atoms with Crippen LogP contribution in [0.5, 0.6) is 17.2 Å². The first kappa shape index (κ1) is 40.5. The summed E-state index contributed by atoms with van der Waals surface area (Å²) in [6.07, 6.45) is -24.3. The topological polar surface area (TPSA) is 72.6 Å². The molecule has 0 aromatic heterocycles. The largest absolute Gasteiger partial charge is 0.508 e. The van der Waals surface area contributed by atoms with Gasteiger partial charge in [0.05, 0.1) is 11.4 Å². The Morgan fingerprint density at radius 2 is 1.04 bits per heavy atom. The molecule has 54 heavy (non-hydrogen) atoms. The lowest BCUT2D eigenvalue weighted by Gasteiger charge is -2.43. The zero-order chi connectivity index (χ0) is 40.7. The number of ether oxygens (including phenoxy) is 3. The number of nitrogens with zero attached hydrogens (tertiary/aromatic N) is 2. The average molecular weight is 785 g/mol. The molecule has 2 aliphatic heterocycles. The Kier molecular flexibility index (Phi) is 9.55. The second-order valence-electron chi connectivity index (χ2n) is 14.1. The normalized spacial score (nSPS) is 17.4. The van der Waals surface area contributed by atoms with Crippen LogP contribution in [0.2, 0.25) is 0 Å². The molecular weight excluding hydrogens is 752 g/mol. The van der Waals surface area contributed by atoms with Crippen LogP contribution in [-0.2, 0) is 26.1 Å². The SMILES string of the molecule is CCC(C)(C)C1=Nc2ccc(Oc3ccc4c(c3)C(C(F)(F)F)(C(F)(F)F)OC(c3cc(O)cc(C(C)(C)CC)c3)=N4)cc2C(C(F)(F)F)(C(F)(F)F)O1. The van der Waals surface area contributed by atoms with Gasteiger partial charge in [0.25, 0.3) is 0 Å². The van der Waals surface area contributed by atoms with Gasteiger partial charge in [0.2, 0.25) is 5.90 Å². The van der Waals surface area contributed by atoms with E-state index in [1.54, 1.807) is 20.8 Å². The van der Waals surface area contributed by atoms with Gasteiger partial charge in [-0.3, -0.25) is 0 Å². The lowest BCUT2D eigenvalue weighted by molar-refractivity contribution is -0.371. The van der Waals surface area contributed by atoms with Gasteiger partial charge in [-0.15, -0.1) is 0 Å². The number of alkyl halides is 12. The van der Waals surface area contributed by atoms with Crippen molar-refractivity contribution in [3.05, 3.63) is 76.9 Å². The molecule has 0 aliphatic carbocycles. The number of fused-ring (bicyclic) bond motifs is 2. The van der Waals surface area contributed by atoms with Crippen LogP contribution < -0.4 is 4.74 Å². The summed E-state index contributed by atoms with van der Waals surface area (Å²) < 4.78 is 191. The van der Waals surface area contributed by atoms with Crippen LogP contribution in [0.3, 0.4) is 0 Å². The van der Waals surface area contributed by atoms with Crippen LogP contribution in [0.1, 0.15) is 76.6 Å². The smallest absolute Gasteiger partial charge is 0.442 e. The van der Waals surface area contributed by atoms with Crippen molar-refractivity contribution in [1.82, 2.24) is 0 Å². The zero-order valence-electron chi connectivity index (χ0n) is 29.2. The molecule has 0 unspecified atom stereocenters. The molecule has 0 amide bonds. The van der Waals surface area contributed by atoms with Crippen molar-refractivity contribution in [2.24, 2.45) is 15.4 Å². The van der Waals surface area contributed by atoms with Crippen molar-refractivity contribution in [3.63, 3.8) is 0 Å². The van der Waals surface area contributed by atoms with Gasteiger partial charge < -0.3 is 19.3 Å². The van der Waals surface area contributed by atoms with E-state index in [2.05, 4.69) is 9.98 Å². The first-order chi connectivity index (χ1) is 24.5. The third-order valence-electron chi connectivity index (χ3n) is 9.76. The molecule has 6 nitrogen and oxygen atoms in total. The molecular formula is C36H32F12N2O4. The number of halogens is 12. The predicted molar refractivity (Wildman–Crippen MR) is 171 cm³/mol. The Hall–Kier alpha value is -4.64. The number of phenolic OH excluding ortho intramolecular Hbond substituents is 1. The summed E-state index contributed by atoms with van der Waals surface area (Å²) in [6, 6.07) is 6.90. The van der Waals surface area contributed by atoms with Gasteiger partial charge in [0, 0.05) is 22.1 Å². The molecule has 3 aromatic rings. The van der Waals surface area contributed by atoms with Crippen molar-refractivity contribution in [2.75, 3.05) is 0 Å². The summed E-state index contributed by atoms with van der Waals surface area (Å²) in [5.74, 6) is -4.23. The van der Waals surface area contributed by atoms with E-state index < -0.39 is 104 Å². The van der Waals surface area contributed by atoms with Crippen LogP contribution >= 0.6 is 0 Å². The Balaban J connectivity index is 1.69. The third-order valence-corrected chi connectivity index (χ3v) is 9.76. The number of phenols is 1. The lowest BCUT2D eigenvalue weighted by Crippen LogP contribution is -2.59. The highest BCUT2D eigenvalue weighted by Crippen LogP contribution is 2.60. The fourth-order valence-corrected chi connectivity index (χ4v) is 5.77.